The van der Waals surface area contributed by atoms with Crippen LogP contribution in [0.3, 0.4) is 0 Å². The van der Waals surface area contributed by atoms with Crippen molar-refractivity contribution in [1.82, 2.24) is 4.90 Å². The maximum Gasteiger partial charge on any atom is 0.329 e. The normalized spacial score (nSPS) is 16.4. The first kappa shape index (κ1) is 30.1. The molecule has 0 heterocycles. The van der Waals surface area contributed by atoms with E-state index in [9.17, 15) is 59.7 Å². The second-order valence-electron chi connectivity index (χ2n) is 7.25. The number of aliphatic carboxylic acids is 5. The van der Waals surface area contributed by atoms with Crippen molar-refractivity contribution in [3.05, 3.63) is 0 Å². The van der Waals surface area contributed by atoms with Crippen LogP contribution in [0.2, 0.25) is 0 Å². The molecule has 0 aliphatic carbocycles. The summed E-state index contributed by atoms with van der Waals surface area (Å²) in [6, 6.07) is 0. The maximum atomic E-state index is 11.7. The summed E-state index contributed by atoms with van der Waals surface area (Å²) in [7, 11) is 0.863. The number of carboxylic acid groups (broad SMARTS) is 5. The molecule has 33 heavy (non-hydrogen) atoms. The number of ether oxygens (including phenoxy) is 1. The highest BCUT2D eigenvalue weighted by Gasteiger charge is 2.64. The molecular weight excluding hydrogens is 458 g/mol. The fourth-order valence-corrected chi connectivity index (χ4v) is 3.63. The Morgan fingerprint density at radius 1 is 0.788 bits per heavy atom. The van der Waals surface area contributed by atoms with Gasteiger partial charge in [0.25, 0.3) is 0 Å². The average molecular weight is 485 g/mol. The van der Waals surface area contributed by atoms with Crippen LogP contribution in [0.25, 0.3) is 0 Å². The summed E-state index contributed by atoms with van der Waals surface area (Å²) < 4.78 is 5.11. The quantitative estimate of drug-likeness (QED) is 0.0950. The molecule has 0 aromatic heterocycles. The van der Waals surface area contributed by atoms with Crippen molar-refractivity contribution in [2.24, 2.45) is 0 Å². The van der Waals surface area contributed by atoms with E-state index < -0.39 is 98.3 Å². The number of carboxylic acids is 5. The zero-order valence-electron chi connectivity index (χ0n) is 17.4. The van der Waals surface area contributed by atoms with E-state index in [1.54, 1.807) is 0 Å². The van der Waals surface area contributed by atoms with Crippen molar-refractivity contribution in [1.29, 1.82) is 0 Å². The molecule has 0 fully saturated rings. The van der Waals surface area contributed by atoms with Crippen LogP contribution < -0.4 is 0 Å². The molecule has 0 bridgehead atoms. The van der Waals surface area contributed by atoms with E-state index in [0.717, 1.165) is 7.05 Å². The van der Waals surface area contributed by atoms with E-state index in [1.165, 1.54) is 0 Å². The molecule has 4 atom stereocenters. The van der Waals surface area contributed by atoms with Crippen molar-refractivity contribution < 1.29 is 74.7 Å². The van der Waals surface area contributed by atoms with Gasteiger partial charge in [-0.2, -0.15) is 0 Å². The molecule has 0 unspecified atom stereocenters. The van der Waals surface area contributed by atoms with Gasteiger partial charge < -0.3 is 50.7 Å². The molecule has 0 amide bonds. The number of aliphatic hydroxyl groups excluding tert-OH is 4. The fraction of sp³-hybridized carbons (Fsp3) is 0.706. The summed E-state index contributed by atoms with van der Waals surface area (Å²) in [5, 5.41) is 86.7. The van der Waals surface area contributed by atoms with Gasteiger partial charge in [-0.3, -0.25) is 24.1 Å². The third-order valence-corrected chi connectivity index (χ3v) is 5.03. The van der Waals surface area contributed by atoms with Crippen LogP contribution in [0.1, 0.15) is 19.3 Å². The molecule has 16 nitrogen and oxygen atoms in total. The second-order valence-corrected chi connectivity index (χ2v) is 7.25. The SMILES string of the molecule is CN(CC(=O)O)C(CC(=O)O)(CC(=O)O)[C@](CC(=O)O)(OCC(=O)O)[C@@H](O)[C@H](O)[C@H](O)CO. The van der Waals surface area contributed by atoms with Crippen LogP contribution in [-0.4, -0.2) is 137 Å². The Balaban J connectivity index is 7.45. The van der Waals surface area contributed by atoms with Crippen LogP contribution in [0.5, 0.6) is 0 Å². The number of nitrogens with zero attached hydrogens (tertiary/aromatic N) is 1. The number of aliphatic hydroxyl groups is 4. The van der Waals surface area contributed by atoms with Crippen molar-refractivity contribution in [2.75, 3.05) is 26.8 Å². The molecule has 0 rings (SSSR count). The van der Waals surface area contributed by atoms with Gasteiger partial charge in [-0.05, 0) is 7.05 Å². The van der Waals surface area contributed by atoms with Gasteiger partial charge in [0.05, 0.1) is 38.0 Å². The lowest BCUT2D eigenvalue weighted by Crippen LogP contribution is -2.74. The van der Waals surface area contributed by atoms with Gasteiger partial charge in [0.1, 0.15) is 30.5 Å². The van der Waals surface area contributed by atoms with Gasteiger partial charge in [0.2, 0.25) is 0 Å². The first-order chi connectivity index (χ1) is 15.1. The van der Waals surface area contributed by atoms with Crippen molar-refractivity contribution in [3.8, 4) is 0 Å². The molecule has 190 valence electrons. The maximum absolute atomic E-state index is 11.7. The van der Waals surface area contributed by atoms with Gasteiger partial charge in [-0.15, -0.1) is 0 Å². The largest absolute Gasteiger partial charge is 0.481 e. The minimum Gasteiger partial charge on any atom is -0.481 e. The molecular formula is C17H27NO15. The lowest BCUT2D eigenvalue weighted by atomic mass is 9.66. The van der Waals surface area contributed by atoms with E-state index in [0.29, 0.717) is 4.90 Å². The Morgan fingerprint density at radius 2 is 1.24 bits per heavy atom. The Labute approximate surface area is 185 Å². The number of hydrogen-bond donors (Lipinski definition) is 9. The molecule has 0 aliphatic rings. The smallest absolute Gasteiger partial charge is 0.329 e. The summed E-state index contributed by atoms with van der Waals surface area (Å²) in [5.41, 5.74) is -5.96. The second kappa shape index (κ2) is 12.4. The predicted molar refractivity (Wildman–Crippen MR) is 101 cm³/mol. The average Bonchev–Trinajstić information content (AvgIpc) is 2.66. The molecule has 0 aliphatic heterocycles. The first-order valence-corrected chi connectivity index (χ1v) is 9.15. The van der Waals surface area contributed by atoms with Crippen LogP contribution in [0, 0.1) is 0 Å². The third kappa shape index (κ3) is 7.58. The summed E-state index contributed by atoms with van der Waals surface area (Å²) in [4.78, 5) is 58.2. The zero-order valence-corrected chi connectivity index (χ0v) is 17.4. The predicted octanol–water partition coefficient (Wildman–Crippen LogP) is -3.92. The molecule has 0 aromatic carbocycles. The van der Waals surface area contributed by atoms with Gasteiger partial charge in [-0.25, -0.2) is 4.79 Å². The fourth-order valence-electron chi connectivity index (χ4n) is 3.63. The van der Waals surface area contributed by atoms with Gasteiger partial charge in [-0.1, -0.05) is 0 Å². The minimum absolute atomic E-state index is 0.531. The number of carbonyl (C=O) groups is 5. The van der Waals surface area contributed by atoms with Crippen LogP contribution in [0.4, 0.5) is 0 Å². The van der Waals surface area contributed by atoms with E-state index in [2.05, 4.69) is 0 Å². The summed E-state index contributed by atoms with van der Waals surface area (Å²) >= 11 is 0. The molecule has 0 saturated carbocycles. The highest BCUT2D eigenvalue weighted by molar-refractivity contribution is 5.77. The lowest BCUT2D eigenvalue weighted by molar-refractivity contribution is -0.245. The summed E-state index contributed by atoms with van der Waals surface area (Å²) in [6.07, 6.45) is -11.8. The van der Waals surface area contributed by atoms with Gasteiger partial charge >= 0.3 is 29.8 Å². The number of hydrogen-bond acceptors (Lipinski definition) is 11. The number of rotatable bonds is 17. The van der Waals surface area contributed by atoms with Crippen LogP contribution in [-0.2, 0) is 28.7 Å². The minimum atomic E-state index is -3.15. The van der Waals surface area contributed by atoms with E-state index >= 15 is 0 Å². The summed E-state index contributed by atoms with van der Waals surface area (Å²) in [5.74, 6) is -8.98. The monoisotopic (exact) mass is 485 g/mol. The van der Waals surface area contributed by atoms with E-state index in [4.69, 9.17) is 14.9 Å². The van der Waals surface area contributed by atoms with Gasteiger partial charge in [0.15, 0.2) is 0 Å². The molecule has 0 saturated heterocycles. The Hall–Kier alpha value is -2.89. The summed E-state index contributed by atoms with van der Waals surface area (Å²) in [6.45, 7) is -3.80. The molecule has 0 aromatic rings. The molecule has 0 radical (unpaired) electrons. The zero-order chi connectivity index (χ0) is 26.1. The molecule has 16 heteroatoms. The Morgan fingerprint density at radius 3 is 1.58 bits per heavy atom. The first-order valence-electron chi connectivity index (χ1n) is 9.15. The van der Waals surface area contributed by atoms with Gasteiger partial charge in [0, 0.05) is 0 Å². The van der Waals surface area contributed by atoms with Crippen molar-refractivity contribution in [3.63, 3.8) is 0 Å². The standard InChI is InChI=1S/C17H27NO15/c1-18(5-12(27)28)16(2-9(21)22,3-10(23)24)17(4-11(25)26,33-7-13(29)30)15(32)14(31)8(20)6-19/h8,14-15,19-20,31-32H,2-7H2,1H3,(H,21,22)(H,23,24)(H,25,26)(H,27,28)(H,29,30)/t8-,14-,15+,17-/m1/s1. The van der Waals surface area contributed by atoms with Crippen LogP contribution >= 0.6 is 0 Å². The molecule has 9 N–H and O–H groups in total. The van der Waals surface area contributed by atoms with E-state index in [1.807, 2.05) is 0 Å². The highest BCUT2D eigenvalue weighted by atomic mass is 16.5. The Kier molecular flexibility index (Phi) is 11.3. The van der Waals surface area contributed by atoms with Crippen LogP contribution in [0.15, 0.2) is 0 Å². The molecule has 0 spiro atoms. The van der Waals surface area contributed by atoms with Crippen molar-refractivity contribution in [2.45, 2.75) is 48.7 Å². The lowest BCUT2D eigenvalue weighted by Gasteiger charge is -2.55. The highest BCUT2D eigenvalue weighted by Crippen LogP contribution is 2.44. The van der Waals surface area contributed by atoms with E-state index in [-0.39, 0.29) is 0 Å². The third-order valence-electron chi connectivity index (χ3n) is 5.03. The number of likely N-dealkylation sites (N-methyl/N-ethyl adjacent to an activating group) is 1. The Bertz CT molecular complexity index is 724. The van der Waals surface area contributed by atoms with Crippen molar-refractivity contribution >= 4 is 29.8 Å². The topological polar surface area (TPSA) is 280 Å².